The summed E-state index contributed by atoms with van der Waals surface area (Å²) in [7, 11) is 1.06. The number of benzene rings is 2. The SMILES string of the molecule is COCCN(C)C(=O)C[C@]1(OC)/C=C/C[C@H](C)[C@@H](C)S(=O)(=O)NC(=O)c2ccc3c(c2)N(C[C@@H]2CC[C@H]21)C[C@@]1(CCCc2cc(Cl)ccc21)CO3. The Bertz CT molecular complexity index is 1770. The number of carbonyl (C=O) groups excluding carboxylic acids is 2. The Kier molecular flexibility index (Phi) is 11.1. The molecule has 2 aromatic carbocycles. The molecular weight excluding hydrogens is 690 g/mol. The van der Waals surface area contributed by atoms with E-state index in [1.165, 1.54) is 11.1 Å². The summed E-state index contributed by atoms with van der Waals surface area (Å²) in [5, 5.41) is -0.138. The van der Waals surface area contributed by atoms with E-state index >= 15 is 0 Å². The van der Waals surface area contributed by atoms with Crippen molar-refractivity contribution in [2.45, 2.75) is 75.1 Å². The molecule has 0 aromatic heterocycles. The first-order valence-electron chi connectivity index (χ1n) is 18.1. The van der Waals surface area contributed by atoms with Crippen LogP contribution in [-0.2, 0) is 36.1 Å². The highest BCUT2D eigenvalue weighted by molar-refractivity contribution is 7.90. The number of nitrogens with one attached hydrogen (secondary N) is 1. The third-order valence-corrected chi connectivity index (χ3v) is 14.2. The van der Waals surface area contributed by atoms with Gasteiger partial charge in [0.2, 0.25) is 15.9 Å². The van der Waals surface area contributed by atoms with E-state index in [0.717, 1.165) is 37.8 Å². The fourth-order valence-corrected chi connectivity index (χ4v) is 10.0. The largest absolute Gasteiger partial charge is 0.490 e. The molecule has 6 rings (SSSR count). The third kappa shape index (κ3) is 7.54. The zero-order valence-electron chi connectivity index (χ0n) is 30.5. The second-order valence-electron chi connectivity index (χ2n) is 15.2. The first-order valence-corrected chi connectivity index (χ1v) is 20.1. The minimum Gasteiger partial charge on any atom is -0.490 e. The number of ether oxygens (including phenoxy) is 3. The highest BCUT2D eigenvalue weighted by atomic mass is 35.5. The number of sulfonamides is 1. The van der Waals surface area contributed by atoms with Crippen LogP contribution in [0.1, 0.15) is 73.9 Å². The predicted octanol–water partition coefficient (Wildman–Crippen LogP) is 5.76. The molecule has 6 atom stereocenters. The lowest BCUT2D eigenvalue weighted by molar-refractivity contribution is -0.142. The summed E-state index contributed by atoms with van der Waals surface area (Å²) < 4.78 is 47.7. The molecule has 4 aliphatic rings. The summed E-state index contributed by atoms with van der Waals surface area (Å²) in [6.07, 6.45) is 9.25. The monoisotopic (exact) mass is 741 g/mol. The van der Waals surface area contributed by atoms with Crippen molar-refractivity contribution in [2.75, 3.05) is 59.0 Å². The Hall–Kier alpha value is -3.12. The van der Waals surface area contributed by atoms with Gasteiger partial charge in [0, 0.05) is 56.9 Å². The van der Waals surface area contributed by atoms with Gasteiger partial charge in [0.15, 0.2) is 0 Å². The minimum atomic E-state index is -4.01. The maximum Gasteiger partial charge on any atom is 0.264 e. The minimum absolute atomic E-state index is 0.0235. The molecule has 2 aromatic rings. The molecule has 1 spiro atoms. The second kappa shape index (κ2) is 15.1. The van der Waals surface area contributed by atoms with E-state index in [2.05, 4.69) is 21.8 Å². The van der Waals surface area contributed by atoms with Gasteiger partial charge in [-0.05, 0) is 105 Å². The molecule has 2 amide bonds. The molecule has 1 fully saturated rings. The van der Waals surface area contributed by atoms with Crippen LogP contribution in [0.3, 0.4) is 0 Å². The van der Waals surface area contributed by atoms with E-state index in [4.69, 9.17) is 25.8 Å². The Balaban J connectivity index is 1.44. The van der Waals surface area contributed by atoms with Crippen molar-refractivity contribution in [3.8, 4) is 5.75 Å². The van der Waals surface area contributed by atoms with E-state index in [-0.39, 0.29) is 41.1 Å². The summed E-state index contributed by atoms with van der Waals surface area (Å²) >= 11 is 6.46. The van der Waals surface area contributed by atoms with Gasteiger partial charge in [0.1, 0.15) is 5.75 Å². The van der Waals surface area contributed by atoms with Gasteiger partial charge in [0.05, 0.1) is 36.2 Å². The van der Waals surface area contributed by atoms with Gasteiger partial charge in [-0.15, -0.1) is 0 Å². The molecule has 12 heteroatoms. The van der Waals surface area contributed by atoms with Crippen molar-refractivity contribution in [3.63, 3.8) is 0 Å². The number of likely N-dealkylation sites (N-methyl/N-ethyl adjacent to an activating group) is 1. The number of aryl methyl sites for hydroxylation is 1. The Labute approximate surface area is 307 Å². The summed E-state index contributed by atoms with van der Waals surface area (Å²) in [6.45, 7) is 6.13. The first-order chi connectivity index (χ1) is 24.3. The van der Waals surface area contributed by atoms with E-state index in [1.54, 1.807) is 51.3 Å². The Morgan fingerprint density at radius 1 is 1.16 bits per heavy atom. The lowest BCUT2D eigenvalue weighted by atomic mass is 9.62. The second-order valence-corrected chi connectivity index (χ2v) is 17.6. The number of rotatable bonds is 6. The number of anilines is 1. The highest BCUT2D eigenvalue weighted by Crippen LogP contribution is 2.50. The van der Waals surface area contributed by atoms with Crippen LogP contribution in [0.15, 0.2) is 48.6 Å². The Morgan fingerprint density at radius 2 is 1.96 bits per heavy atom. The number of halogens is 1. The average Bonchev–Trinajstić information content (AvgIpc) is 3.24. The van der Waals surface area contributed by atoms with Crippen LogP contribution in [0.2, 0.25) is 5.02 Å². The third-order valence-electron chi connectivity index (χ3n) is 12.1. The number of fused-ring (bicyclic) bond motifs is 4. The molecule has 2 bridgehead atoms. The van der Waals surface area contributed by atoms with E-state index < -0.39 is 26.8 Å². The number of carbonyl (C=O) groups is 2. The van der Waals surface area contributed by atoms with Crippen LogP contribution in [0.5, 0.6) is 5.75 Å². The van der Waals surface area contributed by atoms with Gasteiger partial charge < -0.3 is 24.0 Å². The topological polar surface area (TPSA) is 114 Å². The zero-order valence-corrected chi connectivity index (χ0v) is 32.0. The van der Waals surface area contributed by atoms with Crippen molar-refractivity contribution in [1.29, 1.82) is 0 Å². The maximum absolute atomic E-state index is 13.7. The molecule has 10 nitrogen and oxygen atoms in total. The van der Waals surface area contributed by atoms with Gasteiger partial charge in [-0.2, -0.15) is 0 Å². The normalized spacial score (nSPS) is 30.9. The molecule has 2 heterocycles. The molecule has 0 saturated heterocycles. The van der Waals surface area contributed by atoms with Crippen LogP contribution in [0.4, 0.5) is 5.69 Å². The lowest BCUT2D eigenvalue weighted by Gasteiger charge is -2.50. The zero-order chi connectivity index (χ0) is 36.6. The molecular formula is C39H52ClN3O7S. The van der Waals surface area contributed by atoms with Crippen molar-refractivity contribution in [2.24, 2.45) is 17.8 Å². The van der Waals surface area contributed by atoms with Gasteiger partial charge in [-0.1, -0.05) is 36.7 Å². The highest BCUT2D eigenvalue weighted by Gasteiger charge is 2.50. The van der Waals surface area contributed by atoms with E-state index in [9.17, 15) is 18.0 Å². The number of nitrogens with zero attached hydrogens (tertiary/aromatic N) is 2. The number of methoxy groups -OCH3 is 2. The van der Waals surface area contributed by atoms with E-state index in [0.29, 0.717) is 50.0 Å². The molecule has 0 unspecified atom stereocenters. The molecule has 2 aliphatic heterocycles. The number of hydrogen-bond donors (Lipinski definition) is 1. The smallest absolute Gasteiger partial charge is 0.264 e. The molecule has 0 radical (unpaired) electrons. The molecule has 1 saturated carbocycles. The number of allylic oxidation sites excluding steroid dienone is 1. The molecule has 51 heavy (non-hydrogen) atoms. The fraction of sp³-hybridized carbons (Fsp3) is 0.590. The van der Waals surface area contributed by atoms with Crippen LogP contribution < -0.4 is 14.4 Å². The first kappa shape index (κ1) is 37.6. The van der Waals surface area contributed by atoms with Crippen molar-refractivity contribution < 1.29 is 32.2 Å². The quantitative estimate of drug-likeness (QED) is 0.372. The predicted molar refractivity (Wildman–Crippen MR) is 199 cm³/mol. The van der Waals surface area contributed by atoms with Gasteiger partial charge in [0.25, 0.3) is 5.91 Å². The average molecular weight is 742 g/mol. The molecule has 2 aliphatic carbocycles. The maximum atomic E-state index is 13.7. The van der Waals surface area contributed by atoms with Crippen LogP contribution in [0.25, 0.3) is 0 Å². The van der Waals surface area contributed by atoms with Gasteiger partial charge in [-0.25, -0.2) is 13.1 Å². The summed E-state index contributed by atoms with van der Waals surface area (Å²) in [6, 6.07) is 11.4. The Morgan fingerprint density at radius 3 is 2.69 bits per heavy atom. The van der Waals surface area contributed by atoms with Crippen molar-refractivity contribution >= 4 is 39.1 Å². The fourth-order valence-electron chi connectivity index (χ4n) is 8.56. The van der Waals surface area contributed by atoms with Crippen molar-refractivity contribution in [3.05, 3.63) is 70.3 Å². The number of hydrogen-bond acceptors (Lipinski definition) is 8. The van der Waals surface area contributed by atoms with Crippen LogP contribution in [-0.4, -0.2) is 90.1 Å². The summed E-state index contributed by atoms with van der Waals surface area (Å²) in [4.78, 5) is 31.3. The molecule has 278 valence electrons. The molecule has 1 N–H and O–H groups in total. The van der Waals surface area contributed by atoms with Gasteiger partial charge >= 0.3 is 0 Å². The standard InChI is InChI=1S/C39H52ClN3O7S/c1-26-8-6-17-39(49-5,22-36(44)42(3)18-19-48-4)33-13-10-30(33)23-43-24-38(16-7-9-28-20-31(40)12-14-32(28)38)25-50-35-15-11-29(21-34(35)43)37(45)41-51(46,47)27(26)2/h6,11-12,14-15,17,20-21,26-27,30,33H,7-10,13,16,18-19,22-25H2,1-5H3,(H,41,45)/b17-6+/t26-,27+,30-,33+,38-,39+/m0/s1. The summed E-state index contributed by atoms with van der Waals surface area (Å²) in [5.74, 6) is -0.168. The van der Waals surface area contributed by atoms with Crippen LogP contribution in [0, 0.1) is 17.8 Å². The summed E-state index contributed by atoms with van der Waals surface area (Å²) in [5.41, 5.74) is 2.25. The van der Waals surface area contributed by atoms with Crippen LogP contribution >= 0.6 is 11.6 Å². The van der Waals surface area contributed by atoms with Crippen molar-refractivity contribution in [1.82, 2.24) is 9.62 Å². The van der Waals surface area contributed by atoms with Gasteiger partial charge in [-0.3, -0.25) is 9.59 Å². The lowest BCUT2D eigenvalue weighted by Crippen LogP contribution is -2.54. The number of amides is 2. The van der Waals surface area contributed by atoms with E-state index in [1.807, 2.05) is 25.1 Å².